The van der Waals surface area contributed by atoms with Gasteiger partial charge in [0.25, 0.3) is 11.8 Å². The Morgan fingerprint density at radius 3 is 1.71 bits per heavy atom. The Kier molecular flexibility index (Phi) is 4.78. The molecule has 0 saturated carbocycles. The van der Waals surface area contributed by atoms with Crippen LogP contribution in [-0.2, 0) is 0 Å². The minimum absolute atomic E-state index is 0.173. The predicted molar refractivity (Wildman–Crippen MR) is 83.1 cm³/mol. The Labute approximate surface area is 126 Å². The van der Waals surface area contributed by atoms with Gasteiger partial charge in [-0.05, 0) is 24.0 Å². The van der Waals surface area contributed by atoms with Crippen LogP contribution in [0.15, 0.2) is 24.3 Å². The van der Waals surface area contributed by atoms with Crippen molar-refractivity contribution in [2.24, 2.45) is 11.8 Å². The van der Waals surface area contributed by atoms with Gasteiger partial charge >= 0.3 is 0 Å². The molecule has 0 N–H and O–H groups in total. The topological polar surface area (TPSA) is 40.6 Å². The SMILES string of the molecule is CC(C)CN(CC(C)C)CN1C(=O)c2ccccc2C1=O. The summed E-state index contributed by atoms with van der Waals surface area (Å²) in [6.07, 6.45) is 0. The number of hydrogen-bond acceptors (Lipinski definition) is 3. The lowest BCUT2D eigenvalue weighted by molar-refractivity contribution is 0.0512. The minimum Gasteiger partial charge on any atom is -0.285 e. The maximum Gasteiger partial charge on any atom is 0.262 e. The van der Waals surface area contributed by atoms with Gasteiger partial charge in [-0.3, -0.25) is 19.4 Å². The molecule has 0 aromatic heterocycles. The standard InChI is InChI=1S/C17H24N2O2/c1-12(2)9-18(10-13(3)4)11-19-16(20)14-7-5-6-8-15(14)17(19)21/h5-8,12-13H,9-11H2,1-4H3. The van der Waals surface area contributed by atoms with Gasteiger partial charge in [0.05, 0.1) is 17.8 Å². The van der Waals surface area contributed by atoms with E-state index in [0.717, 1.165) is 13.1 Å². The zero-order chi connectivity index (χ0) is 15.6. The number of nitrogens with zero attached hydrogens (tertiary/aromatic N) is 2. The van der Waals surface area contributed by atoms with Crippen LogP contribution < -0.4 is 0 Å². The van der Waals surface area contributed by atoms with Crippen molar-refractivity contribution in [2.75, 3.05) is 19.8 Å². The average Bonchev–Trinajstić information content (AvgIpc) is 2.63. The highest BCUT2D eigenvalue weighted by Gasteiger charge is 2.36. The van der Waals surface area contributed by atoms with Gasteiger partial charge in [0.15, 0.2) is 0 Å². The molecule has 0 atom stereocenters. The highest BCUT2D eigenvalue weighted by Crippen LogP contribution is 2.23. The molecule has 1 heterocycles. The van der Waals surface area contributed by atoms with Crippen molar-refractivity contribution in [3.8, 4) is 0 Å². The Bertz CT molecular complexity index is 492. The third kappa shape index (κ3) is 3.50. The quantitative estimate of drug-likeness (QED) is 0.756. The summed E-state index contributed by atoms with van der Waals surface area (Å²) in [6, 6.07) is 7.05. The van der Waals surface area contributed by atoms with Crippen LogP contribution in [0.2, 0.25) is 0 Å². The van der Waals surface area contributed by atoms with E-state index >= 15 is 0 Å². The summed E-state index contributed by atoms with van der Waals surface area (Å²) in [5.74, 6) is 0.652. The second kappa shape index (κ2) is 6.39. The van der Waals surface area contributed by atoms with Crippen molar-refractivity contribution in [3.63, 3.8) is 0 Å². The fourth-order valence-electron chi connectivity index (χ4n) is 2.79. The first-order valence-corrected chi connectivity index (χ1v) is 7.57. The first kappa shape index (κ1) is 15.7. The van der Waals surface area contributed by atoms with E-state index in [2.05, 4.69) is 32.6 Å². The number of fused-ring (bicyclic) bond motifs is 1. The van der Waals surface area contributed by atoms with E-state index in [1.54, 1.807) is 24.3 Å². The van der Waals surface area contributed by atoms with Gasteiger partial charge in [0, 0.05) is 13.1 Å². The summed E-state index contributed by atoms with van der Waals surface area (Å²) in [5.41, 5.74) is 1.05. The maximum absolute atomic E-state index is 12.4. The molecule has 1 aromatic rings. The monoisotopic (exact) mass is 288 g/mol. The lowest BCUT2D eigenvalue weighted by Crippen LogP contribution is -2.44. The summed E-state index contributed by atoms with van der Waals surface area (Å²) in [4.78, 5) is 28.3. The van der Waals surface area contributed by atoms with Crippen LogP contribution in [0.1, 0.15) is 48.4 Å². The zero-order valence-electron chi connectivity index (χ0n) is 13.3. The van der Waals surface area contributed by atoms with Crippen molar-refractivity contribution in [1.82, 2.24) is 9.80 Å². The molecule has 21 heavy (non-hydrogen) atoms. The van der Waals surface area contributed by atoms with E-state index in [1.807, 2.05) is 0 Å². The van der Waals surface area contributed by atoms with Gasteiger partial charge in [-0.15, -0.1) is 0 Å². The van der Waals surface area contributed by atoms with E-state index < -0.39 is 0 Å². The van der Waals surface area contributed by atoms with Crippen molar-refractivity contribution in [1.29, 1.82) is 0 Å². The summed E-state index contributed by atoms with van der Waals surface area (Å²) in [7, 11) is 0. The normalized spacial score (nSPS) is 14.7. The van der Waals surface area contributed by atoms with Gasteiger partial charge in [-0.2, -0.15) is 0 Å². The van der Waals surface area contributed by atoms with Gasteiger partial charge in [-0.1, -0.05) is 39.8 Å². The summed E-state index contributed by atoms with van der Waals surface area (Å²) in [5, 5.41) is 0. The average molecular weight is 288 g/mol. The van der Waals surface area contributed by atoms with Crippen LogP contribution in [0, 0.1) is 11.8 Å². The van der Waals surface area contributed by atoms with Crippen molar-refractivity contribution >= 4 is 11.8 Å². The van der Waals surface area contributed by atoms with E-state index in [9.17, 15) is 9.59 Å². The molecule has 1 aliphatic heterocycles. The molecule has 4 nitrogen and oxygen atoms in total. The number of imide groups is 1. The Hall–Kier alpha value is -1.68. The lowest BCUT2D eigenvalue weighted by atomic mass is 10.1. The van der Waals surface area contributed by atoms with Gasteiger partial charge in [0.1, 0.15) is 0 Å². The number of rotatable bonds is 6. The molecule has 0 saturated heterocycles. The van der Waals surface area contributed by atoms with Crippen LogP contribution in [-0.4, -0.2) is 41.4 Å². The number of amides is 2. The van der Waals surface area contributed by atoms with Crippen LogP contribution in [0.3, 0.4) is 0 Å². The number of benzene rings is 1. The van der Waals surface area contributed by atoms with Crippen molar-refractivity contribution in [2.45, 2.75) is 27.7 Å². The summed E-state index contributed by atoms with van der Waals surface area (Å²) >= 11 is 0. The maximum atomic E-state index is 12.4. The largest absolute Gasteiger partial charge is 0.285 e. The molecule has 0 radical (unpaired) electrons. The van der Waals surface area contributed by atoms with Gasteiger partial charge in [0.2, 0.25) is 0 Å². The second-order valence-corrected chi connectivity index (χ2v) is 6.55. The fourth-order valence-corrected chi connectivity index (χ4v) is 2.79. The first-order chi connectivity index (χ1) is 9.90. The molecule has 1 aromatic carbocycles. The minimum atomic E-state index is -0.173. The zero-order valence-corrected chi connectivity index (χ0v) is 13.3. The molecule has 114 valence electrons. The van der Waals surface area contributed by atoms with Gasteiger partial charge < -0.3 is 0 Å². The molecular weight excluding hydrogens is 264 g/mol. The summed E-state index contributed by atoms with van der Waals surface area (Å²) in [6.45, 7) is 10.7. The molecule has 0 aliphatic carbocycles. The smallest absolute Gasteiger partial charge is 0.262 e. The highest BCUT2D eigenvalue weighted by atomic mass is 16.2. The second-order valence-electron chi connectivity index (χ2n) is 6.55. The first-order valence-electron chi connectivity index (χ1n) is 7.57. The highest BCUT2D eigenvalue weighted by molar-refractivity contribution is 6.21. The third-order valence-corrected chi connectivity index (χ3v) is 3.47. The number of carbonyl (C=O) groups is 2. The van der Waals surface area contributed by atoms with E-state index in [1.165, 1.54) is 4.90 Å². The molecule has 0 spiro atoms. The summed E-state index contributed by atoms with van der Waals surface area (Å²) < 4.78 is 0. The van der Waals surface area contributed by atoms with Crippen LogP contribution in [0.5, 0.6) is 0 Å². The molecule has 0 fully saturated rings. The van der Waals surface area contributed by atoms with Gasteiger partial charge in [-0.25, -0.2) is 0 Å². The van der Waals surface area contributed by atoms with Crippen LogP contribution in [0.25, 0.3) is 0 Å². The van der Waals surface area contributed by atoms with Crippen LogP contribution >= 0.6 is 0 Å². The molecule has 4 heteroatoms. The molecule has 2 rings (SSSR count). The number of carbonyl (C=O) groups excluding carboxylic acids is 2. The lowest BCUT2D eigenvalue weighted by Gasteiger charge is -2.29. The number of hydrogen-bond donors (Lipinski definition) is 0. The Morgan fingerprint density at radius 2 is 1.33 bits per heavy atom. The molecule has 1 aliphatic rings. The van der Waals surface area contributed by atoms with Crippen LogP contribution in [0.4, 0.5) is 0 Å². The van der Waals surface area contributed by atoms with Crippen molar-refractivity contribution < 1.29 is 9.59 Å². The van der Waals surface area contributed by atoms with E-state index in [-0.39, 0.29) is 11.8 Å². The fraction of sp³-hybridized carbons (Fsp3) is 0.529. The Morgan fingerprint density at radius 1 is 0.905 bits per heavy atom. The predicted octanol–water partition coefficient (Wildman–Crippen LogP) is 2.85. The molecular formula is C17H24N2O2. The molecule has 0 bridgehead atoms. The van der Waals surface area contributed by atoms with E-state index in [0.29, 0.717) is 29.6 Å². The Balaban J connectivity index is 2.15. The van der Waals surface area contributed by atoms with Crippen molar-refractivity contribution in [3.05, 3.63) is 35.4 Å². The molecule has 0 unspecified atom stereocenters. The molecule has 2 amide bonds. The third-order valence-electron chi connectivity index (χ3n) is 3.47. The van der Waals surface area contributed by atoms with E-state index in [4.69, 9.17) is 0 Å².